The van der Waals surface area contributed by atoms with E-state index in [0.717, 1.165) is 0 Å². The maximum Gasteiger partial charge on any atom is 0.257 e. The molecule has 0 unspecified atom stereocenters. The molecule has 2 aromatic rings. The topological polar surface area (TPSA) is 67.6 Å². The predicted molar refractivity (Wildman–Crippen MR) is 85.7 cm³/mol. The summed E-state index contributed by atoms with van der Waals surface area (Å²) in [6.07, 6.45) is 1.73. The number of carbonyl (C=O) groups excluding carboxylic acids is 1. The van der Waals surface area contributed by atoms with Crippen molar-refractivity contribution in [1.29, 1.82) is 0 Å². The quantitative estimate of drug-likeness (QED) is 0.913. The predicted octanol–water partition coefficient (Wildman–Crippen LogP) is 1.79. The van der Waals surface area contributed by atoms with E-state index in [1.807, 2.05) is 0 Å². The van der Waals surface area contributed by atoms with Gasteiger partial charge in [-0.25, -0.2) is 4.39 Å². The second kappa shape index (κ2) is 6.41. The lowest BCUT2D eigenvalue weighted by molar-refractivity contribution is 0.0728. The lowest BCUT2D eigenvalue weighted by Gasteiger charge is -2.17. The minimum absolute atomic E-state index is 0.0642. The third kappa shape index (κ3) is 3.09. The van der Waals surface area contributed by atoms with Crippen LogP contribution in [0.2, 0.25) is 5.02 Å². The molecule has 3 rings (SSSR count). The van der Waals surface area contributed by atoms with Gasteiger partial charge in [0.1, 0.15) is 12.2 Å². The van der Waals surface area contributed by atoms with Gasteiger partial charge in [0.25, 0.3) is 5.91 Å². The molecule has 0 saturated carbocycles. The van der Waals surface area contributed by atoms with E-state index in [-0.39, 0.29) is 23.7 Å². The van der Waals surface area contributed by atoms with Crippen molar-refractivity contribution in [1.82, 2.24) is 14.7 Å². The van der Waals surface area contributed by atoms with Crippen LogP contribution in [0.4, 0.5) is 4.39 Å². The van der Waals surface area contributed by atoms with Crippen LogP contribution in [0.3, 0.4) is 0 Å². The molecule has 0 spiro atoms. The largest absolute Gasteiger partial charge is 0.482 e. The number of halogens is 2. The zero-order valence-electron chi connectivity index (χ0n) is 13.2. The van der Waals surface area contributed by atoms with Crippen LogP contribution in [-0.4, -0.2) is 51.0 Å². The fraction of sp³-hybridized carbons (Fsp3) is 0.375. The SMILES string of the molecule is Cc1ccc(C(=O)N2C[C@@H](O)[C@H](Oc3cnn(C)c3)C2)c(F)c1Cl. The first-order chi connectivity index (χ1) is 11.4. The molecule has 24 heavy (non-hydrogen) atoms. The Labute approximate surface area is 143 Å². The molecular weight excluding hydrogens is 337 g/mol. The van der Waals surface area contributed by atoms with Crippen LogP contribution >= 0.6 is 11.6 Å². The molecule has 1 aliphatic rings. The highest BCUT2D eigenvalue weighted by Crippen LogP contribution is 2.25. The standard InChI is InChI=1S/C16H17ClFN3O3/c1-9-3-4-11(15(18)14(9)17)16(23)21-7-12(22)13(8-21)24-10-5-19-20(2)6-10/h3-6,12-13,22H,7-8H2,1-2H3/t12-,13-/m1/s1. The molecule has 1 aromatic heterocycles. The smallest absolute Gasteiger partial charge is 0.257 e. The second-order valence-electron chi connectivity index (χ2n) is 5.84. The Hall–Kier alpha value is -2.12. The minimum Gasteiger partial charge on any atom is -0.482 e. The summed E-state index contributed by atoms with van der Waals surface area (Å²) < 4.78 is 21.4. The molecule has 0 aliphatic carbocycles. The molecule has 1 saturated heterocycles. The van der Waals surface area contributed by atoms with Crippen LogP contribution in [-0.2, 0) is 7.05 Å². The number of aliphatic hydroxyl groups excluding tert-OH is 1. The number of aromatic nitrogens is 2. The van der Waals surface area contributed by atoms with E-state index in [4.69, 9.17) is 16.3 Å². The van der Waals surface area contributed by atoms with E-state index < -0.39 is 23.9 Å². The lowest BCUT2D eigenvalue weighted by Crippen LogP contribution is -2.31. The number of amides is 1. The van der Waals surface area contributed by atoms with Gasteiger partial charge in [-0.3, -0.25) is 9.48 Å². The summed E-state index contributed by atoms with van der Waals surface area (Å²) in [5.41, 5.74) is 0.449. The van der Waals surface area contributed by atoms with Gasteiger partial charge in [0.05, 0.1) is 36.1 Å². The fourth-order valence-electron chi connectivity index (χ4n) is 2.65. The number of hydrogen-bond acceptors (Lipinski definition) is 4. The Morgan fingerprint density at radius 1 is 1.46 bits per heavy atom. The summed E-state index contributed by atoms with van der Waals surface area (Å²) in [5, 5.41) is 14.0. The van der Waals surface area contributed by atoms with Crippen molar-refractivity contribution in [2.45, 2.75) is 19.1 Å². The summed E-state index contributed by atoms with van der Waals surface area (Å²) in [4.78, 5) is 13.9. The number of carbonyl (C=O) groups is 1. The Bertz CT molecular complexity index is 780. The highest BCUT2D eigenvalue weighted by Gasteiger charge is 2.37. The molecule has 1 N–H and O–H groups in total. The van der Waals surface area contributed by atoms with Gasteiger partial charge in [-0.05, 0) is 18.6 Å². The highest BCUT2D eigenvalue weighted by atomic mass is 35.5. The van der Waals surface area contributed by atoms with E-state index in [1.54, 1.807) is 30.9 Å². The molecule has 1 aromatic carbocycles. The average molecular weight is 354 g/mol. The van der Waals surface area contributed by atoms with Gasteiger partial charge in [0, 0.05) is 7.05 Å². The van der Waals surface area contributed by atoms with Crippen molar-refractivity contribution in [3.8, 4) is 5.75 Å². The van der Waals surface area contributed by atoms with E-state index >= 15 is 0 Å². The Balaban J connectivity index is 1.74. The van der Waals surface area contributed by atoms with E-state index in [1.165, 1.54) is 17.2 Å². The number of aliphatic hydroxyl groups is 1. The Morgan fingerprint density at radius 2 is 2.21 bits per heavy atom. The lowest BCUT2D eigenvalue weighted by atomic mass is 10.1. The molecule has 6 nitrogen and oxygen atoms in total. The third-order valence-corrected chi connectivity index (χ3v) is 4.46. The van der Waals surface area contributed by atoms with Gasteiger partial charge in [0.15, 0.2) is 11.6 Å². The van der Waals surface area contributed by atoms with Gasteiger partial charge in [0.2, 0.25) is 0 Å². The van der Waals surface area contributed by atoms with Gasteiger partial charge >= 0.3 is 0 Å². The molecule has 1 fully saturated rings. The summed E-state index contributed by atoms with van der Waals surface area (Å²) in [6.45, 7) is 1.88. The van der Waals surface area contributed by atoms with Crippen molar-refractivity contribution in [3.63, 3.8) is 0 Å². The maximum atomic E-state index is 14.2. The summed E-state index contributed by atoms with van der Waals surface area (Å²) in [7, 11) is 1.75. The molecule has 8 heteroatoms. The van der Waals surface area contributed by atoms with Crippen molar-refractivity contribution in [3.05, 3.63) is 46.5 Å². The number of β-amino-alcohol motifs (C(OH)–C–C–N with tert-alkyl or cyclic N) is 1. The van der Waals surface area contributed by atoms with Gasteiger partial charge < -0.3 is 14.7 Å². The van der Waals surface area contributed by atoms with Gasteiger partial charge in [-0.15, -0.1) is 0 Å². The average Bonchev–Trinajstić information content (AvgIpc) is 3.11. The normalized spacial score (nSPS) is 20.5. The van der Waals surface area contributed by atoms with Crippen LogP contribution in [0, 0.1) is 12.7 Å². The van der Waals surface area contributed by atoms with Crippen LogP contribution in [0.25, 0.3) is 0 Å². The van der Waals surface area contributed by atoms with Crippen molar-refractivity contribution in [2.75, 3.05) is 13.1 Å². The summed E-state index contributed by atoms with van der Waals surface area (Å²) >= 11 is 5.87. The molecule has 0 bridgehead atoms. The van der Waals surface area contributed by atoms with Gasteiger partial charge in [-0.2, -0.15) is 5.10 Å². The molecule has 0 radical (unpaired) electrons. The summed E-state index contributed by atoms with van der Waals surface area (Å²) in [5.74, 6) is -0.765. The zero-order chi connectivity index (χ0) is 17.4. The number of aryl methyl sites for hydroxylation is 2. The Morgan fingerprint density at radius 3 is 2.88 bits per heavy atom. The zero-order valence-corrected chi connectivity index (χ0v) is 14.0. The minimum atomic E-state index is -0.863. The molecular formula is C16H17ClFN3O3. The maximum absolute atomic E-state index is 14.2. The van der Waals surface area contributed by atoms with Crippen molar-refractivity contribution < 1.29 is 19.0 Å². The summed E-state index contributed by atoms with van der Waals surface area (Å²) in [6, 6.07) is 3.00. The van der Waals surface area contributed by atoms with Crippen molar-refractivity contribution >= 4 is 17.5 Å². The number of hydrogen-bond donors (Lipinski definition) is 1. The number of likely N-dealkylation sites (tertiary alicyclic amines) is 1. The molecule has 1 amide bonds. The van der Waals surface area contributed by atoms with Crippen LogP contribution in [0.15, 0.2) is 24.5 Å². The molecule has 128 valence electrons. The fourth-order valence-corrected chi connectivity index (χ4v) is 2.82. The number of benzene rings is 1. The van der Waals surface area contributed by atoms with Crippen LogP contribution in [0.1, 0.15) is 15.9 Å². The number of rotatable bonds is 3. The molecule has 1 aliphatic heterocycles. The third-order valence-electron chi connectivity index (χ3n) is 4.00. The first kappa shape index (κ1) is 16.7. The number of ether oxygens (including phenoxy) is 1. The van der Waals surface area contributed by atoms with Gasteiger partial charge in [-0.1, -0.05) is 17.7 Å². The Kier molecular flexibility index (Phi) is 4.47. The molecule has 2 heterocycles. The van der Waals surface area contributed by atoms with Crippen molar-refractivity contribution in [2.24, 2.45) is 7.05 Å². The molecule has 2 atom stereocenters. The first-order valence-corrected chi connectivity index (χ1v) is 7.82. The van der Waals surface area contributed by atoms with Crippen LogP contribution < -0.4 is 4.74 Å². The van der Waals surface area contributed by atoms with Crippen LogP contribution in [0.5, 0.6) is 5.75 Å². The van der Waals surface area contributed by atoms with E-state index in [9.17, 15) is 14.3 Å². The highest BCUT2D eigenvalue weighted by molar-refractivity contribution is 6.31. The second-order valence-corrected chi connectivity index (χ2v) is 6.22. The first-order valence-electron chi connectivity index (χ1n) is 7.44. The van der Waals surface area contributed by atoms with E-state index in [2.05, 4.69) is 5.10 Å². The monoisotopic (exact) mass is 353 g/mol. The van der Waals surface area contributed by atoms with E-state index in [0.29, 0.717) is 11.3 Å². The number of nitrogens with zero attached hydrogens (tertiary/aromatic N) is 3.